The molecule has 1 atom stereocenters. The van der Waals surface area contributed by atoms with E-state index in [1.165, 1.54) is 0 Å². The van der Waals surface area contributed by atoms with Gasteiger partial charge in [-0.3, -0.25) is 4.79 Å². The van der Waals surface area contributed by atoms with E-state index >= 15 is 0 Å². The van der Waals surface area contributed by atoms with Gasteiger partial charge >= 0.3 is 5.97 Å². The number of hydrogen-bond acceptors (Lipinski definition) is 3. The lowest BCUT2D eigenvalue weighted by atomic mass is 10.1. The number of carboxylic acids is 1. The lowest BCUT2D eigenvalue weighted by Crippen LogP contribution is -2.15. The molecule has 0 bridgehead atoms. The summed E-state index contributed by atoms with van der Waals surface area (Å²) in [7, 11) is 0. The van der Waals surface area contributed by atoms with Gasteiger partial charge in [-0.15, -0.1) is 0 Å². The van der Waals surface area contributed by atoms with Crippen LogP contribution in [0.3, 0.4) is 0 Å². The number of para-hydroxylation sites is 1. The zero-order valence-corrected chi connectivity index (χ0v) is 11.2. The monoisotopic (exact) mass is 258 g/mol. The number of benzene rings is 1. The normalized spacial score (nSPS) is 12.3. The first-order chi connectivity index (χ1) is 9.08. The summed E-state index contributed by atoms with van der Waals surface area (Å²) < 4.78 is 0. The van der Waals surface area contributed by atoms with Gasteiger partial charge in [0.05, 0.1) is 11.4 Å². The predicted molar refractivity (Wildman–Crippen MR) is 76.4 cm³/mol. The molecule has 0 amide bonds. The molecule has 4 nitrogen and oxygen atoms in total. The SMILES string of the molecule is Cc1cc2ccccc2nc1NCCC(C)C(=O)O. The lowest BCUT2D eigenvalue weighted by molar-refractivity contribution is -0.141. The van der Waals surface area contributed by atoms with Crippen LogP contribution in [0, 0.1) is 12.8 Å². The second-order valence-corrected chi connectivity index (χ2v) is 4.80. The standard InChI is InChI=1S/C15H18N2O2/c1-10(15(18)19)7-8-16-14-11(2)9-12-5-3-4-6-13(12)17-14/h3-6,9-10H,7-8H2,1-2H3,(H,16,17)(H,18,19). The van der Waals surface area contributed by atoms with Gasteiger partial charge in [-0.25, -0.2) is 4.98 Å². The van der Waals surface area contributed by atoms with Crippen molar-refractivity contribution in [2.45, 2.75) is 20.3 Å². The molecule has 1 aromatic carbocycles. The third-order valence-corrected chi connectivity index (χ3v) is 3.21. The number of hydrogen-bond donors (Lipinski definition) is 2. The van der Waals surface area contributed by atoms with E-state index in [1.807, 2.05) is 31.2 Å². The van der Waals surface area contributed by atoms with Crippen LogP contribution < -0.4 is 5.32 Å². The number of anilines is 1. The molecule has 100 valence electrons. The molecular weight excluding hydrogens is 240 g/mol. The molecule has 19 heavy (non-hydrogen) atoms. The second kappa shape index (κ2) is 5.69. The molecule has 1 heterocycles. The van der Waals surface area contributed by atoms with Crippen LogP contribution >= 0.6 is 0 Å². The summed E-state index contributed by atoms with van der Waals surface area (Å²) in [6, 6.07) is 10.0. The van der Waals surface area contributed by atoms with Crippen molar-refractivity contribution < 1.29 is 9.90 Å². The molecule has 2 N–H and O–H groups in total. The van der Waals surface area contributed by atoms with Crippen LogP contribution in [0.4, 0.5) is 5.82 Å². The molecule has 0 fully saturated rings. The van der Waals surface area contributed by atoms with Crippen LogP contribution in [-0.2, 0) is 4.79 Å². The van der Waals surface area contributed by atoms with Crippen molar-refractivity contribution in [3.8, 4) is 0 Å². The number of fused-ring (bicyclic) bond motifs is 1. The Morgan fingerprint density at radius 1 is 1.42 bits per heavy atom. The highest BCUT2D eigenvalue weighted by atomic mass is 16.4. The quantitative estimate of drug-likeness (QED) is 0.865. The van der Waals surface area contributed by atoms with Crippen molar-refractivity contribution in [2.24, 2.45) is 5.92 Å². The highest BCUT2D eigenvalue weighted by Crippen LogP contribution is 2.19. The van der Waals surface area contributed by atoms with Crippen LogP contribution in [0.5, 0.6) is 0 Å². The van der Waals surface area contributed by atoms with Gasteiger partial charge in [0.15, 0.2) is 0 Å². The van der Waals surface area contributed by atoms with Crippen LogP contribution in [0.15, 0.2) is 30.3 Å². The van der Waals surface area contributed by atoms with Crippen LogP contribution in [0.2, 0.25) is 0 Å². The van der Waals surface area contributed by atoms with Gasteiger partial charge in [0.25, 0.3) is 0 Å². The van der Waals surface area contributed by atoms with Gasteiger partial charge in [-0.2, -0.15) is 0 Å². The molecule has 1 unspecified atom stereocenters. The molecule has 0 saturated heterocycles. The van der Waals surface area contributed by atoms with Crippen LogP contribution in [-0.4, -0.2) is 22.6 Å². The molecule has 2 aromatic rings. The van der Waals surface area contributed by atoms with E-state index < -0.39 is 5.97 Å². The fourth-order valence-electron chi connectivity index (χ4n) is 1.93. The molecule has 0 aliphatic rings. The summed E-state index contributed by atoms with van der Waals surface area (Å²) in [4.78, 5) is 15.3. The molecule has 0 spiro atoms. The topological polar surface area (TPSA) is 62.2 Å². The van der Waals surface area contributed by atoms with Crippen molar-refractivity contribution in [1.82, 2.24) is 4.98 Å². The first-order valence-corrected chi connectivity index (χ1v) is 6.41. The van der Waals surface area contributed by atoms with Gasteiger partial charge in [0.1, 0.15) is 5.82 Å². The fraction of sp³-hybridized carbons (Fsp3) is 0.333. The van der Waals surface area contributed by atoms with E-state index in [2.05, 4.69) is 16.4 Å². The van der Waals surface area contributed by atoms with Crippen molar-refractivity contribution in [2.75, 3.05) is 11.9 Å². The van der Waals surface area contributed by atoms with E-state index in [9.17, 15) is 4.79 Å². The van der Waals surface area contributed by atoms with Crippen molar-refractivity contribution >= 4 is 22.7 Å². The highest BCUT2D eigenvalue weighted by molar-refractivity contribution is 5.81. The van der Waals surface area contributed by atoms with E-state index in [1.54, 1.807) is 6.92 Å². The number of nitrogens with zero attached hydrogens (tertiary/aromatic N) is 1. The minimum atomic E-state index is -0.759. The Bertz CT molecular complexity index is 596. The van der Waals surface area contributed by atoms with Crippen molar-refractivity contribution in [1.29, 1.82) is 0 Å². The van der Waals surface area contributed by atoms with Crippen molar-refractivity contribution in [3.63, 3.8) is 0 Å². The van der Waals surface area contributed by atoms with Crippen LogP contribution in [0.1, 0.15) is 18.9 Å². The Morgan fingerprint density at radius 2 is 2.16 bits per heavy atom. The smallest absolute Gasteiger partial charge is 0.306 e. The number of rotatable bonds is 5. The predicted octanol–water partition coefficient (Wildman–Crippen LogP) is 3.07. The molecule has 0 saturated carbocycles. The average molecular weight is 258 g/mol. The number of nitrogens with one attached hydrogen (secondary N) is 1. The summed E-state index contributed by atoms with van der Waals surface area (Å²) in [5.74, 6) is -0.269. The number of pyridine rings is 1. The Labute approximate surface area is 112 Å². The van der Waals surface area contributed by atoms with E-state index in [4.69, 9.17) is 5.11 Å². The molecule has 2 rings (SSSR count). The first-order valence-electron chi connectivity index (χ1n) is 6.41. The number of carbonyl (C=O) groups is 1. The van der Waals surface area contributed by atoms with Crippen LogP contribution in [0.25, 0.3) is 10.9 Å². The molecule has 0 radical (unpaired) electrons. The fourth-order valence-corrected chi connectivity index (χ4v) is 1.93. The Hall–Kier alpha value is -2.10. The Balaban J connectivity index is 2.08. The molecular formula is C15H18N2O2. The summed E-state index contributed by atoms with van der Waals surface area (Å²) >= 11 is 0. The molecule has 4 heteroatoms. The van der Waals surface area contributed by atoms with Gasteiger partial charge in [-0.05, 0) is 31.0 Å². The summed E-state index contributed by atoms with van der Waals surface area (Å²) in [5, 5.41) is 13.2. The highest BCUT2D eigenvalue weighted by Gasteiger charge is 2.10. The van der Waals surface area contributed by atoms with Gasteiger partial charge in [-0.1, -0.05) is 25.1 Å². The number of aromatic nitrogens is 1. The Morgan fingerprint density at radius 3 is 2.89 bits per heavy atom. The third-order valence-electron chi connectivity index (χ3n) is 3.21. The maximum Gasteiger partial charge on any atom is 0.306 e. The maximum absolute atomic E-state index is 10.7. The largest absolute Gasteiger partial charge is 0.481 e. The van der Waals surface area contributed by atoms with Gasteiger partial charge in [0.2, 0.25) is 0 Å². The number of aliphatic carboxylic acids is 1. The second-order valence-electron chi connectivity index (χ2n) is 4.80. The van der Waals surface area contributed by atoms with Gasteiger partial charge in [0, 0.05) is 11.9 Å². The zero-order chi connectivity index (χ0) is 13.8. The lowest BCUT2D eigenvalue weighted by Gasteiger charge is -2.11. The summed E-state index contributed by atoms with van der Waals surface area (Å²) in [5.41, 5.74) is 2.02. The Kier molecular flexibility index (Phi) is 4.00. The number of carboxylic acid groups (broad SMARTS) is 1. The van der Waals surface area contributed by atoms with E-state index in [0.717, 1.165) is 22.3 Å². The molecule has 1 aromatic heterocycles. The molecule has 0 aliphatic carbocycles. The summed E-state index contributed by atoms with van der Waals surface area (Å²) in [6.45, 7) is 4.33. The average Bonchev–Trinajstić information content (AvgIpc) is 2.39. The minimum Gasteiger partial charge on any atom is -0.481 e. The number of aryl methyl sites for hydroxylation is 1. The zero-order valence-electron chi connectivity index (χ0n) is 11.2. The molecule has 0 aliphatic heterocycles. The maximum atomic E-state index is 10.7. The van der Waals surface area contributed by atoms with E-state index in [-0.39, 0.29) is 5.92 Å². The van der Waals surface area contributed by atoms with Crippen molar-refractivity contribution in [3.05, 3.63) is 35.9 Å². The van der Waals surface area contributed by atoms with E-state index in [0.29, 0.717) is 13.0 Å². The first kappa shape index (κ1) is 13.3. The van der Waals surface area contributed by atoms with Gasteiger partial charge < -0.3 is 10.4 Å². The third kappa shape index (κ3) is 3.22. The minimum absolute atomic E-state index is 0.340. The summed E-state index contributed by atoms with van der Waals surface area (Å²) in [6.07, 6.45) is 0.587.